The molecule has 4 nitrogen and oxygen atoms in total. The fourth-order valence-electron chi connectivity index (χ4n) is 9.43. The molecule has 4 heteroatoms. The second-order valence-corrected chi connectivity index (χ2v) is 12.5. The maximum atomic E-state index is 12.2. The van der Waals surface area contributed by atoms with Crippen LogP contribution < -0.4 is 0 Å². The molecule has 2 heterocycles. The average Bonchev–Trinajstić information content (AvgIpc) is 3.33. The molecule has 2 aliphatic heterocycles. The van der Waals surface area contributed by atoms with Crippen LogP contribution in [0.25, 0.3) is 0 Å². The van der Waals surface area contributed by atoms with Crippen molar-refractivity contribution in [3.05, 3.63) is 23.8 Å². The number of esters is 1. The minimum absolute atomic E-state index is 0.0318. The minimum Gasteiger partial charge on any atom is -0.459 e. The number of ether oxygens (including phenoxy) is 2. The summed E-state index contributed by atoms with van der Waals surface area (Å²) in [7, 11) is 0. The number of carbonyl (C=O) groups is 2. The Kier molecular flexibility index (Phi) is 4.50. The van der Waals surface area contributed by atoms with E-state index in [1.807, 2.05) is 19.1 Å². The Morgan fingerprint density at radius 3 is 2.50 bits per heavy atom. The fraction of sp³-hybridized carbons (Fsp3) is 0.786. The maximum absolute atomic E-state index is 12.2. The lowest BCUT2D eigenvalue weighted by Crippen LogP contribution is -2.50. The van der Waals surface area contributed by atoms with Gasteiger partial charge in [-0.2, -0.15) is 0 Å². The normalized spacial score (nSPS) is 56.2. The lowest BCUT2D eigenvalue weighted by atomic mass is 9.47. The van der Waals surface area contributed by atoms with Gasteiger partial charge in [0, 0.05) is 11.3 Å². The van der Waals surface area contributed by atoms with E-state index < -0.39 is 0 Å². The highest BCUT2D eigenvalue weighted by Crippen LogP contribution is 2.69. The zero-order valence-electron chi connectivity index (χ0n) is 20.2. The first kappa shape index (κ1) is 21.1. The van der Waals surface area contributed by atoms with Crippen LogP contribution in [-0.2, 0) is 19.1 Å². The molecule has 0 radical (unpaired) electrons. The first-order chi connectivity index (χ1) is 15.1. The molecule has 2 saturated heterocycles. The van der Waals surface area contributed by atoms with Crippen LogP contribution in [0.5, 0.6) is 0 Å². The fourth-order valence-corrected chi connectivity index (χ4v) is 9.43. The van der Waals surface area contributed by atoms with Crippen molar-refractivity contribution in [1.29, 1.82) is 0 Å². The lowest BCUT2D eigenvalue weighted by molar-refractivity contribution is -0.150. The molecule has 1 unspecified atom stereocenters. The Balaban J connectivity index is 1.26. The molecule has 6 rings (SSSR count). The van der Waals surface area contributed by atoms with Gasteiger partial charge in [-0.1, -0.05) is 46.3 Å². The van der Waals surface area contributed by atoms with Gasteiger partial charge >= 0.3 is 5.97 Å². The number of rotatable bonds is 1. The smallest absolute Gasteiger partial charge is 0.309 e. The van der Waals surface area contributed by atoms with Gasteiger partial charge in [0.2, 0.25) is 0 Å². The Morgan fingerprint density at radius 2 is 1.78 bits per heavy atom. The second kappa shape index (κ2) is 6.81. The largest absolute Gasteiger partial charge is 0.459 e. The van der Waals surface area contributed by atoms with E-state index in [1.54, 1.807) is 0 Å². The first-order valence-electron chi connectivity index (χ1n) is 13.0. The number of hydrogen-bond acceptors (Lipinski definition) is 4. The van der Waals surface area contributed by atoms with Crippen molar-refractivity contribution in [2.45, 2.75) is 85.0 Å². The summed E-state index contributed by atoms with van der Waals surface area (Å²) >= 11 is 0. The number of carbonyl (C=O) groups excluding carboxylic acids is 2. The maximum Gasteiger partial charge on any atom is 0.309 e. The predicted molar refractivity (Wildman–Crippen MR) is 122 cm³/mol. The first-order valence-corrected chi connectivity index (χ1v) is 13.0. The Morgan fingerprint density at radius 1 is 1.00 bits per heavy atom. The van der Waals surface area contributed by atoms with Crippen LogP contribution in [0.2, 0.25) is 0 Å². The molecule has 0 N–H and O–H groups in total. The molecule has 4 aliphatic carbocycles. The third-order valence-corrected chi connectivity index (χ3v) is 11.3. The molecule has 0 bridgehead atoms. The van der Waals surface area contributed by atoms with Crippen molar-refractivity contribution in [3.8, 4) is 0 Å². The summed E-state index contributed by atoms with van der Waals surface area (Å²) in [6, 6.07) is 0. The highest BCUT2D eigenvalue weighted by molar-refractivity contribution is 6.01. The summed E-state index contributed by atoms with van der Waals surface area (Å²) in [6.45, 7) is 11.4. The van der Waals surface area contributed by atoms with E-state index in [0.717, 1.165) is 12.8 Å². The second-order valence-electron chi connectivity index (χ2n) is 12.5. The van der Waals surface area contributed by atoms with Crippen LogP contribution in [0.3, 0.4) is 0 Å². The van der Waals surface area contributed by atoms with E-state index in [4.69, 9.17) is 9.47 Å². The molecule has 6 aliphatic rings. The quantitative estimate of drug-likeness (QED) is 0.533. The van der Waals surface area contributed by atoms with Gasteiger partial charge in [0.05, 0.1) is 18.1 Å². The van der Waals surface area contributed by atoms with Gasteiger partial charge in [-0.25, -0.2) is 0 Å². The van der Waals surface area contributed by atoms with E-state index in [1.165, 1.54) is 24.8 Å². The topological polar surface area (TPSA) is 52.6 Å². The third-order valence-electron chi connectivity index (χ3n) is 11.3. The Labute approximate surface area is 192 Å². The molecule has 5 fully saturated rings. The van der Waals surface area contributed by atoms with Gasteiger partial charge in [-0.3, -0.25) is 9.59 Å². The van der Waals surface area contributed by atoms with E-state index in [0.29, 0.717) is 41.1 Å². The minimum atomic E-state index is -0.0947. The standard InChI is InChI=1S/C28H38O4/c1-14-15(2)26(30)32-24(14)25-16(3)23-22(31-25)13-21-19-7-6-17-12-18(29)8-10-27(17,4)20(19)9-11-28(21,23)5/h8,10,12,14-16,19-25H,6-7,9,11,13H2,1-5H3/t14-,15+,16+,19-,20+,21+,22+,23+,24?,25+,27+,28+/m1/s1. The number of fused-ring (bicyclic) bond motifs is 7. The number of hydrogen-bond donors (Lipinski definition) is 0. The summed E-state index contributed by atoms with van der Waals surface area (Å²) < 4.78 is 12.6. The van der Waals surface area contributed by atoms with Crippen LogP contribution in [0.15, 0.2) is 23.8 Å². The molecule has 32 heavy (non-hydrogen) atoms. The van der Waals surface area contributed by atoms with Crippen LogP contribution in [0.4, 0.5) is 0 Å². The third kappa shape index (κ3) is 2.59. The SMILES string of the molecule is C[C@H]1[C@H]2[C@H](C[C@H]3[C@@H]4CCC5=CC(=O)C=C[C@]5(C)[C@H]4CC[C@]23C)O[C@@H]1C1OC(=O)[C@@H](C)[C@H]1C. The van der Waals surface area contributed by atoms with Crippen LogP contribution in [0, 0.1) is 52.3 Å². The van der Waals surface area contributed by atoms with E-state index in [2.05, 4.69) is 33.8 Å². The molecule has 0 amide bonds. The molecule has 0 spiro atoms. The molecule has 174 valence electrons. The number of ketones is 1. The molecule has 3 saturated carbocycles. The highest BCUT2D eigenvalue weighted by Gasteiger charge is 2.66. The summed E-state index contributed by atoms with van der Waals surface area (Å²) in [5.41, 5.74) is 1.71. The van der Waals surface area contributed by atoms with Gasteiger partial charge in [0.1, 0.15) is 6.10 Å². The molecule has 0 aromatic rings. The summed E-state index contributed by atoms with van der Waals surface area (Å²) in [5, 5.41) is 0. The molecular formula is C28H38O4. The van der Waals surface area contributed by atoms with Crippen molar-refractivity contribution < 1.29 is 19.1 Å². The molecule has 0 aromatic heterocycles. The summed E-state index contributed by atoms with van der Waals surface area (Å²) in [6.07, 6.45) is 12.1. The van der Waals surface area contributed by atoms with Crippen LogP contribution in [0.1, 0.15) is 66.7 Å². The van der Waals surface area contributed by atoms with Crippen molar-refractivity contribution >= 4 is 11.8 Å². The monoisotopic (exact) mass is 438 g/mol. The van der Waals surface area contributed by atoms with Crippen LogP contribution in [-0.4, -0.2) is 30.1 Å². The van der Waals surface area contributed by atoms with E-state index >= 15 is 0 Å². The van der Waals surface area contributed by atoms with Gasteiger partial charge in [0.15, 0.2) is 5.78 Å². The Hall–Kier alpha value is -1.42. The van der Waals surface area contributed by atoms with Crippen molar-refractivity contribution in [2.24, 2.45) is 52.3 Å². The lowest BCUT2D eigenvalue weighted by Gasteiger charge is -2.57. The van der Waals surface area contributed by atoms with Gasteiger partial charge in [-0.05, 0) is 79.3 Å². The van der Waals surface area contributed by atoms with E-state index in [-0.39, 0.29) is 41.2 Å². The zero-order chi connectivity index (χ0) is 22.6. The number of cyclic esters (lactones) is 1. The predicted octanol–water partition coefficient (Wildman–Crippen LogP) is 5.12. The summed E-state index contributed by atoms with van der Waals surface area (Å²) in [4.78, 5) is 24.2. The van der Waals surface area contributed by atoms with Crippen molar-refractivity contribution in [2.75, 3.05) is 0 Å². The van der Waals surface area contributed by atoms with Crippen LogP contribution >= 0.6 is 0 Å². The van der Waals surface area contributed by atoms with Gasteiger partial charge < -0.3 is 9.47 Å². The Bertz CT molecular complexity index is 918. The van der Waals surface area contributed by atoms with Crippen molar-refractivity contribution in [1.82, 2.24) is 0 Å². The highest BCUT2D eigenvalue weighted by atomic mass is 16.6. The van der Waals surface area contributed by atoms with E-state index in [9.17, 15) is 9.59 Å². The van der Waals surface area contributed by atoms with Gasteiger partial charge in [0.25, 0.3) is 0 Å². The van der Waals surface area contributed by atoms with Gasteiger partial charge in [-0.15, -0.1) is 0 Å². The molecule has 12 atom stereocenters. The zero-order valence-corrected chi connectivity index (χ0v) is 20.2. The molecular weight excluding hydrogens is 400 g/mol. The average molecular weight is 439 g/mol. The summed E-state index contributed by atoms with van der Waals surface area (Å²) in [5.74, 6) is 3.28. The van der Waals surface area contributed by atoms with Crippen molar-refractivity contribution in [3.63, 3.8) is 0 Å². The number of allylic oxidation sites excluding steroid dienone is 4. The molecule has 0 aromatic carbocycles.